The average Bonchev–Trinajstić information content (AvgIpc) is 4.04. The van der Waals surface area contributed by atoms with Crippen LogP contribution in [0.15, 0.2) is 115 Å². The minimum atomic E-state index is -0.0801. The summed E-state index contributed by atoms with van der Waals surface area (Å²) in [5.41, 5.74) is 26.6. The first-order valence-corrected chi connectivity index (χ1v) is 29.7. The van der Waals surface area contributed by atoms with Crippen LogP contribution < -0.4 is 31.1 Å². The van der Waals surface area contributed by atoms with Crippen molar-refractivity contribution in [3.8, 4) is 0 Å². The molecule has 2 atom stereocenters. The first-order valence-electron chi connectivity index (χ1n) is 28.9. The highest BCUT2D eigenvalue weighted by Gasteiger charge is 2.58. The molecule has 0 amide bonds. The Hall–Kier alpha value is -5.78. The largest absolute Gasteiger partial charge is 0.334 e. The molecule has 386 valence electrons. The SMILES string of the molecule is Cc1cc2c3c(c1)N(c1cc4c(cc1C)C(C)(C)CCC4(C)C)c1cc(N4c5ccc(C(C)(C)C)cc5C5(C)CCCCC45C)ccc1B3c1cc3c(cc1N2c1ccc2c(c1)sc1ccccc12)C(C)(C)CC3(C)C. The Morgan fingerprint density at radius 1 is 0.474 bits per heavy atom. The first kappa shape index (κ1) is 48.6. The van der Waals surface area contributed by atoms with Crippen LogP contribution in [-0.2, 0) is 32.5 Å². The lowest BCUT2D eigenvalue weighted by Crippen LogP contribution is -2.61. The van der Waals surface area contributed by atoms with Crippen molar-refractivity contribution in [3.63, 3.8) is 0 Å². The van der Waals surface area contributed by atoms with Crippen molar-refractivity contribution in [3.05, 3.63) is 160 Å². The standard InChI is InChI=1S/C71H78BN3S/c1-42-32-60-64-61(33-42)74(57-39-51-49(34-43(57)2)66(6,7)30-31-67(51,8)9)58-36-46(75-56-27-22-44(65(3,4)5)35-53(56)70(14)28-18-19-29-71(70,75)15)24-26-54(58)72(64)55-38-50-52(69(12,13)41-68(50,10)11)40-59(55)73(60)45-23-25-48-47-20-16-17-21-62(47)76-63(48)37-45/h16-17,20-27,32-40H,18-19,28-31,41H2,1-15H3. The van der Waals surface area contributed by atoms with Crippen LogP contribution in [0.2, 0.25) is 0 Å². The van der Waals surface area contributed by atoms with E-state index in [1.807, 2.05) is 11.3 Å². The fraction of sp³-hybridized carbons (Fsp3) is 0.408. The number of anilines is 8. The summed E-state index contributed by atoms with van der Waals surface area (Å²) < 4.78 is 2.68. The smallest absolute Gasteiger partial charge is 0.252 e. The maximum Gasteiger partial charge on any atom is 0.252 e. The van der Waals surface area contributed by atoms with Crippen LogP contribution in [0.1, 0.15) is 179 Å². The van der Waals surface area contributed by atoms with Crippen LogP contribution in [0.3, 0.4) is 0 Å². The Labute approximate surface area is 458 Å². The van der Waals surface area contributed by atoms with Gasteiger partial charge in [0.2, 0.25) is 0 Å². The zero-order valence-corrected chi connectivity index (χ0v) is 49.1. The number of nitrogens with zero attached hydrogens (tertiary/aromatic N) is 3. The summed E-state index contributed by atoms with van der Waals surface area (Å²) in [6.45, 7) is 37.0. The predicted molar refractivity (Wildman–Crippen MR) is 330 cm³/mol. The predicted octanol–water partition coefficient (Wildman–Crippen LogP) is 18.1. The van der Waals surface area contributed by atoms with Gasteiger partial charge >= 0.3 is 0 Å². The van der Waals surface area contributed by atoms with Crippen LogP contribution in [0, 0.1) is 13.8 Å². The van der Waals surface area contributed by atoms with Gasteiger partial charge in [-0.05, 0) is 202 Å². The van der Waals surface area contributed by atoms with Crippen molar-refractivity contribution in [2.75, 3.05) is 14.7 Å². The van der Waals surface area contributed by atoms with E-state index in [4.69, 9.17) is 0 Å². The normalized spacial score (nSPS) is 23.0. The molecule has 1 aromatic heterocycles. The third-order valence-electron chi connectivity index (χ3n) is 20.9. The molecular weight excluding hydrogens is 938 g/mol. The average molecular weight is 1020 g/mol. The first-order chi connectivity index (χ1) is 35.8. The number of hydrogen-bond donors (Lipinski definition) is 0. The third-order valence-corrected chi connectivity index (χ3v) is 22.1. The van der Waals surface area contributed by atoms with Crippen LogP contribution in [0.5, 0.6) is 0 Å². The minimum absolute atomic E-state index is 0.0229. The summed E-state index contributed by atoms with van der Waals surface area (Å²) in [6.07, 6.45) is 8.39. The minimum Gasteiger partial charge on any atom is -0.334 e. The highest BCUT2D eigenvalue weighted by Crippen LogP contribution is 2.62. The van der Waals surface area contributed by atoms with Crippen molar-refractivity contribution >= 4 is 100 Å². The van der Waals surface area contributed by atoms with Crippen LogP contribution in [0.25, 0.3) is 20.2 Å². The molecule has 1 fully saturated rings. The van der Waals surface area contributed by atoms with E-state index in [0.717, 1.165) is 6.42 Å². The number of benzene rings is 7. The number of aryl methyl sites for hydroxylation is 2. The molecule has 14 rings (SSSR count). The molecule has 3 nitrogen and oxygen atoms in total. The number of hydrogen-bond acceptors (Lipinski definition) is 4. The third kappa shape index (κ3) is 6.53. The monoisotopic (exact) mass is 1020 g/mol. The molecule has 5 heteroatoms. The van der Waals surface area contributed by atoms with Gasteiger partial charge in [-0.2, -0.15) is 0 Å². The highest BCUT2D eigenvalue weighted by molar-refractivity contribution is 7.25. The Balaban J connectivity index is 1.07. The van der Waals surface area contributed by atoms with Crippen molar-refractivity contribution in [2.24, 2.45) is 0 Å². The summed E-state index contributed by atoms with van der Waals surface area (Å²) in [7, 11) is 0. The molecule has 6 aliphatic rings. The van der Waals surface area contributed by atoms with Gasteiger partial charge < -0.3 is 14.7 Å². The van der Waals surface area contributed by atoms with Gasteiger partial charge in [0, 0.05) is 71.1 Å². The second-order valence-corrected chi connectivity index (χ2v) is 29.9. The molecule has 3 aliphatic carbocycles. The molecule has 2 unspecified atom stereocenters. The zero-order valence-electron chi connectivity index (χ0n) is 48.2. The quantitative estimate of drug-likeness (QED) is 0.163. The van der Waals surface area contributed by atoms with E-state index in [1.54, 1.807) is 0 Å². The zero-order chi connectivity index (χ0) is 53.2. The summed E-state index contributed by atoms with van der Waals surface area (Å²) in [4.78, 5) is 8.27. The summed E-state index contributed by atoms with van der Waals surface area (Å²) >= 11 is 1.92. The molecule has 4 heterocycles. The fourth-order valence-corrected chi connectivity index (χ4v) is 17.8. The summed E-state index contributed by atoms with van der Waals surface area (Å²) in [5.74, 6) is 0. The molecule has 1 saturated carbocycles. The fourth-order valence-electron chi connectivity index (χ4n) is 16.7. The van der Waals surface area contributed by atoms with Gasteiger partial charge in [-0.25, -0.2) is 0 Å². The Bertz CT molecular complexity index is 3840. The molecule has 8 aromatic rings. The molecule has 3 aliphatic heterocycles. The van der Waals surface area contributed by atoms with Crippen LogP contribution in [-0.4, -0.2) is 12.3 Å². The molecule has 0 radical (unpaired) electrons. The van der Waals surface area contributed by atoms with E-state index in [-0.39, 0.29) is 44.7 Å². The van der Waals surface area contributed by atoms with Gasteiger partial charge in [-0.3, -0.25) is 0 Å². The van der Waals surface area contributed by atoms with Gasteiger partial charge in [0.1, 0.15) is 0 Å². The van der Waals surface area contributed by atoms with Crippen molar-refractivity contribution in [2.45, 2.75) is 187 Å². The highest BCUT2D eigenvalue weighted by atomic mass is 32.1. The molecule has 0 bridgehead atoms. The molecule has 0 spiro atoms. The Morgan fingerprint density at radius 2 is 1.09 bits per heavy atom. The van der Waals surface area contributed by atoms with Crippen molar-refractivity contribution in [1.29, 1.82) is 0 Å². The molecule has 0 N–H and O–H groups in total. The topological polar surface area (TPSA) is 9.72 Å². The molecule has 0 saturated heterocycles. The van der Waals surface area contributed by atoms with Gasteiger partial charge in [-0.15, -0.1) is 11.3 Å². The Kier molecular flexibility index (Phi) is 9.90. The molecule has 7 aromatic carbocycles. The van der Waals surface area contributed by atoms with Crippen LogP contribution in [0.4, 0.5) is 45.5 Å². The van der Waals surface area contributed by atoms with Gasteiger partial charge in [0.05, 0.1) is 5.54 Å². The Morgan fingerprint density at radius 3 is 1.83 bits per heavy atom. The van der Waals surface area contributed by atoms with Crippen molar-refractivity contribution in [1.82, 2.24) is 0 Å². The summed E-state index contributed by atoms with van der Waals surface area (Å²) in [6, 6.07) is 47.2. The van der Waals surface area contributed by atoms with E-state index >= 15 is 0 Å². The maximum absolute atomic E-state index is 2.83. The second-order valence-electron chi connectivity index (χ2n) is 28.8. The lowest BCUT2D eigenvalue weighted by Gasteiger charge is -2.51. The molecule has 76 heavy (non-hydrogen) atoms. The van der Waals surface area contributed by atoms with Crippen molar-refractivity contribution < 1.29 is 0 Å². The van der Waals surface area contributed by atoms with Crippen LogP contribution >= 0.6 is 11.3 Å². The van der Waals surface area contributed by atoms with E-state index in [0.29, 0.717) is 0 Å². The van der Waals surface area contributed by atoms with E-state index in [9.17, 15) is 0 Å². The lowest BCUT2D eigenvalue weighted by molar-refractivity contribution is 0.195. The van der Waals surface area contributed by atoms with E-state index in [1.165, 1.54) is 165 Å². The number of rotatable bonds is 3. The van der Waals surface area contributed by atoms with Gasteiger partial charge in [0.15, 0.2) is 0 Å². The lowest BCUT2D eigenvalue weighted by atomic mass is 9.33. The number of thiophene rings is 1. The van der Waals surface area contributed by atoms with E-state index < -0.39 is 0 Å². The second kappa shape index (κ2) is 15.5. The van der Waals surface area contributed by atoms with Gasteiger partial charge in [0.25, 0.3) is 6.71 Å². The summed E-state index contributed by atoms with van der Waals surface area (Å²) in [5, 5.41) is 2.68. The maximum atomic E-state index is 2.83. The van der Waals surface area contributed by atoms with Gasteiger partial charge in [-0.1, -0.05) is 151 Å². The molecular formula is C71H78BN3S. The number of fused-ring (bicyclic) bond motifs is 12. The van der Waals surface area contributed by atoms with E-state index in [2.05, 4.69) is 234 Å².